The minimum Gasteiger partial charge on any atom is -0.512 e. The molecule has 0 rings (SSSR count). The van der Waals surface area contributed by atoms with Crippen LogP contribution in [0, 0.1) is 29.6 Å². The lowest BCUT2D eigenvalue weighted by Gasteiger charge is -2.23. The molecule has 18 heavy (non-hydrogen) atoms. The maximum Gasteiger partial charge on any atom is 0.162 e. The average molecular weight is 254 g/mol. The van der Waals surface area contributed by atoms with Gasteiger partial charge in [-0.15, -0.1) is 0 Å². The van der Waals surface area contributed by atoms with Gasteiger partial charge in [0, 0.05) is 17.9 Å². The Morgan fingerprint density at radius 1 is 1.00 bits per heavy atom. The van der Waals surface area contributed by atoms with Gasteiger partial charge in [-0.25, -0.2) is 0 Å². The van der Waals surface area contributed by atoms with Gasteiger partial charge in [0.2, 0.25) is 0 Å². The Morgan fingerprint density at radius 3 is 1.72 bits per heavy atom. The monoisotopic (exact) mass is 254 g/mol. The van der Waals surface area contributed by atoms with E-state index in [2.05, 4.69) is 41.5 Å². The van der Waals surface area contributed by atoms with Crippen LogP contribution >= 0.6 is 0 Å². The van der Waals surface area contributed by atoms with Crippen molar-refractivity contribution in [1.82, 2.24) is 0 Å². The highest BCUT2D eigenvalue weighted by Gasteiger charge is 2.25. The minimum absolute atomic E-state index is 0.00295. The molecule has 2 nitrogen and oxygen atoms in total. The maximum absolute atomic E-state index is 12.2. The summed E-state index contributed by atoms with van der Waals surface area (Å²) in [7, 11) is 0. The third-order valence-electron chi connectivity index (χ3n) is 3.68. The molecule has 0 fully saturated rings. The Morgan fingerprint density at radius 2 is 1.44 bits per heavy atom. The molecule has 0 spiro atoms. The smallest absolute Gasteiger partial charge is 0.162 e. The fourth-order valence-electron chi connectivity index (χ4n) is 2.80. The van der Waals surface area contributed by atoms with Crippen molar-refractivity contribution in [2.45, 2.75) is 54.9 Å². The summed E-state index contributed by atoms with van der Waals surface area (Å²) in [5, 5.41) is 10.1. The number of hydrogen-bond acceptors (Lipinski definition) is 2. The van der Waals surface area contributed by atoms with Gasteiger partial charge in [0.25, 0.3) is 0 Å². The van der Waals surface area contributed by atoms with Crippen LogP contribution in [-0.2, 0) is 4.79 Å². The molecule has 0 aromatic carbocycles. The van der Waals surface area contributed by atoms with Crippen molar-refractivity contribution in [3.8, 4) is 0 Å². The van der Waals surface area contributed by atoms with Crippen LogP contribution in [0.25, 0.3) is 0 Å². The van der Waals surface area contributed by atoms with Gasteiger partial charge in [0.15, 0.2) is 5.78 Å². The average Bonchev–Trinajstić information content (AvgIpc) is 2.15. The lowest BCUT2D eigenvalue weighted by Crippen LogP contribution is -2.25. The van der Waals surface area contributed by atoms with Crippen molar-refractivity contribution in [1.29, 1.82) is 0 Å². The molecule has 0 heterocycles. The van der Waals surface area contributed by atoms with Crippen LogP contribution < -0.4 is 0 Å². The van der Waals surface area contributed by atoms with E-state index in [0.717, 1.165) is 6.42 Å². The number of hydrogen-bond donors (Lipinski definition) is 1. The van der Waals surface area contributed by atoms with Crippen LogP contribution in [0.15, 0.2) is 11.8 Å². The summed E-state index contributed by atoms with van der Waals surface area (Å²) in [5.74, 6) is 1.38. The summed E-state index contributed by atoms with van der Waals surface area (Å²) < 4.78 is 0. The van der Waals surface area contributed by atoms with Crippen molar-refractivity contribution in [3.05, 3.63) is 11.8 Å². The topological polar surface area (TPSA) is 37.3 Å². The first-order valence-corrected chi connectivity index (χ1v) is 7.16. The van der Waals surface area contributed by atoms with E-state index < -0.39 is 0 Å². The summed E-state index contributed by atoms with van der Waals surface area (Å²) in [6.45, 7) is 14.4. The van der Waals surface area contributed by atoms with Crippen molar-refractivity contribution < 1.29 is 9.90 Å². The van der Waals surface area contributed by atoms with E-state index >= 15 is 0 Å². The standard InChI is InChI=1S/C16H30O2/c1-8-13(10(2)3)14(17)9-15(18)16(11(4)5)12(6)7/h9-13,16-17H,8H2,1-7H3/b14-9-. The molecule has 1 atom stereocenters. The Labute approximate surface area is 112 Å². The zero-order valence-electron chi connectivity index (χ0n) is 13.0. The number of ketones is 1. The zero-order chi connectivity index (χ0) is 14.5. The number of allylic oxidation sites excluding steroid dienone is 2. The second-order valence-electron chi connectivity index (χ2n) is 6.24. The summed E-state index contributed by atoms with van der Waals surface area (Å²) in [6, 6.07) is 0. The first-order chi connectivity index (χ1) is 8.22. The van der Waals surface area contributed by atoms with Gasteiger partial charge < -0.3 is 5.11 Å². The van der Waals surface area contributed by atoms with Gasteiger partial charge in [-0.1, -0.05) is 48.5 Å². The van der Waals surface area contributed by atoms with E-state index in [1.54, 1.807) is 0 Å². The molecule has 0 aliphatic heterocycles. The van der Waals surface area contributed by atoms with Gasteiger partial charge in [-0.2, -0.15) is 0 Å². The number of rotatable bonds is 7. The SMILES string of the molecule is CCC(/C(O)=C/C(=O)C(C(C)C)C(C)C)C(C)C. The van der Waals surface area contributed by atoms with E-state index in [9.17, 15) is 9.90 Å². The van der Waals surface area contributed by atoms with E-state index in [4.69, 9.17) is 0 Å². The fraction of sp³-hybridized carbons (Fsp3) is 0.812. The molecular formula is C16H30O2. The molecule has 0 aromatic heterocycles. The first kappa shape index (κ1) is 17.2. The maximum atomic E-state index is 12.2. The number of aliphatic hydroxyl groups excluding tert-OH is 1. The van der Waals surface area contributed by atoms with Crippen molar-refractivity contribution in [2.24, 2.45) is 29.6 Å². The molecule has 0 aromatic rings. The van der Waals surface area contributed by atoms with E-state index in [0.29, 0.717) is 17.8 Å². The van der Waals surface area contributed by atoms with Crippen molar-refractivity contribution in [2.75, 3.05) is 0 Å². The van der Waals surface area contributed by atoms with Gasteiger partial charge >= 0.3 is 0 Å². The molecule has 0 saturated carbocycles. The van der Waals surface area contributed by atoms with Gasteiger partial charge in [0.05, 0.1) is 5.76 Å². The van der Waals surface area contributed by atoms with Crippen LogP contribution in [0.4, 0.5) is 0 Å². The Kier molecular flexibility index (Phi) is 7.27. The van der Waals surface area contributed by atoms with Crippen molar-refractivity contribution in [3.63, 3.8) is 0 Å². The van der Waals surface area contributed by atoms with Crippen LogP contribution in [0.1, 0.15) is 54.9 Å². The summed E-state index contributed by atoms with van der Waals surface area (Å²) in [4.78, 5) is 12.2. The van der Waals surface area contributed by atoms with Crippen LogP contribution in [-0.4, -0.2) is 10.9 Å². The van der Waals surface area contributed by atoms with Gasteiger partial charge in [-0.05, 0) is 24.2 Å². The highest BCUT2D eigenvalue weighted by atomic mass is 16.3. The largest absolute Gasteiger partial charge is 0.512 e. The molecule has 0 saturated heterocycles. The van der Waals surface area contributed by atoms with Gasteiger partial charge in [0.1, 0.15) is 0 Å². The van der Waals surface area contributed by atoms with Crippen molar-refractivity contribution >= 4 is 5.78 Å². The van der Waals surface area contributed by atoms with E-state index in [1.807, 2.05) is 6.92 Å². The van der Waals surface area contributed by atoms with E-state index in [1.165, 1.54) is 6.08 Å². The molecule has 2 heteroatoms. The second kappa shape index (κ2) is 7.60. The number of carbonyl (C=O) groups excluding carboxylic acids is 1. The minimum atomic E-state index is -0.00295. The second-order valence-corrected chi connectivity index (χ2v) is 6.24. The molecule has 0 amide bonds. The predicted octanol–water partition coefficient (Wildman–Crippen LogP) is 4.61. The molecule has 106 valence electrons. The molecule has 0 bridgehead atoms. The molecular weight excluding hydrogens is 224 g/mol. The molecule has 1 N–H and O–H groups in total. The normalized spacial score (nSPS) is 14.9. The molecule has 0 radical (unpaired) electrons. The quantitative estimate of drug-likeness (QED) is 0.532. The summed E-state index contributed by atoms with van der Waals surface area (Å²) in [6.07, 6.45) is 2.33. The molecule has 0 aliphatic rings. The number of aliphatic hydroxyl groups is 1. The highest BCUT2D eigenvalue weighted by Crippen LogP contribution is 2.26. The first-order valence-electron chi connectivity index (χ1n) is 7.16. The zero-order valence-corrected chi connectivity index (χ0v) is 13.0. The van der Waals surface area contributed by atoms with Crippen LogP contribution in [0.3, 0.4) is 0 Å². The third-order valence-corrected chi connectivity index (χ3v) is 3.68. The lowest BCUT2D eigenvalue weighted by molar-refractivity contribution is -0.121. The highest BCUT2D eigenvalue weighted by molar-refractivity contribution is 5.92. The Bertz CT molecular complexity index is 279. The fourth-order valence-corrected chi connectivity index (χ4v) is 2.80. The summed E-state index contributed by atoms with van der Waals surface area (Å²) in [5.41, 5.74) is 0. The van der Waals surface area contributed by atoms with Crippen LogP contribution in [0.2, 0.25) is 0 Å². The van der Waals surface area contributed by atoms with E-state index in [-0.39, 0.29) is 23.4 Å². The lowest BCUT2D eigenvalue weighted by atomic mass is 9.81. The Balaban J connectivity index is 4.99. The Hall–Kier alpha value is -0.790. The van der Waals surface area contributed by atoms with Gasteiger partial charge in [-0.3, -0.25) is 4.79 Å². The van der Waals surface area contributed by atoms with Crippen LogP contribution in [0.5, 0.6) is 0 Å². The molecule has 0 aliphatic carbocycles. The number of carbonyl (C=O) groups is 1. The molecule has 1 unspecified atom stereocenters. The summed E-state index contributed by atoms with van der Waals surface area (Å²) >= 11 is 0. The third kappa shape index (κ3) is 4.83. The predicted molar refractivity (Wildman–Crippen MR) is 77.5 cm³/mol.